The van der Waals surface area contributed by atoms with Gasteiger partial charge in [0.25, 0.3) is 0 Å². The van der Waals surface area contributed by atoms with E-state index in [0.29, 0.717) is 10.0 Å². The molecular weight excluding hydrogens is 359 g/mol. The Morgan fingerprint density at radius 2 is 1.21 bits per heavy atom. The molecule has 3 aromatic carbocycles. The summed E-state index contributed by atoms with van der Waals surface area (Å²) in [5.41, 5.74) is 3.81. The average molecular weight is 371 g/mol. The Morgan fingerprint density at radius 1 is 0.708 bits per heavy atom. The topological polar surface area (TPSA) is 17.1 Å². The van der Waals surface area contributed by atoms with Crippen molar-refractivity contribution in [1.29, 1.82) is 0 Å². The van der Waals surface area contributed by atoms with Crippen molar-refractivity contribution in [1.82, 2.24) is 0 Å². The van der Waals surface area contributed by atoms with Gasteiger partial charge in [-0.3, -0.25) is 4.79 Å². The van der Waals surface area contributed by atoms with Crippen LogP contribution in [0, 0.1) is 0 Å². The summed E-state index contributed by atoms with van der Waals surface area (Å²) >= 11 is 13.5. The van der Waals surface area contributed by atoms with E-state index < -0.39 is 4.75 Å². The number of hydrogen-bond acceptors (Lipinski definition) is 2. The lowest BCUT2D eigenvalue weighted by Gasteiger charge is -2.30. The molecule has 24 heavy (non-hydrogen) atoms. The second kappa shape index (κ2) is 5.96. The summed E-state index contributed by atoms with van der Waals surface area (Å²) in [7, 11) is 0. The number of carbonyl (C=O) groups is 1. The minimum Gasteiger partial charge on any atom is -0.282 e. The highest BCUT2D eigenvalue weighted by Crippen LogP contribution is 2.55. The highest BCUT2D eigenvalue weighted by molar-refractivity contribution is 8.15. The van der Waals surface area contributed by atoms with Crippen LogP contribution in [0.2, 0.25) is 10.0 Å². The number of benzene rings is 3. The lowest BCUT2D eigenvalue weighted by Crippen LogP contribution is -2.22. The summed E-state index contributed by atoms with van der Waals surface area (Å²) in [6.45, 7) is 0. The van der Waals surface area contributed by atoms with E-state index in [1.807, 2.05) is 72.8 Å². The van der Waals surface area contributed by atoms with Gasteiger partial charge in [0.15, 0.2) is 0 Å². The van der Waals surface area contributed by atoms with E-state index in [1.54, 1.807) is 0 Å². The van der Waals surface area contributed by atoms with Crippen molar-refractivity contribution in [3.8, 4) is 0 Å². The molecule has 0 saturated carbocycles. The van der Waals surface area contributed by atoms with Gasteiger partial charge < -0.3 is 0 Å². The zero-order valence-corrected chi connectivity index (χ0v) is 14.8. The van der Waals surface area contributed by atoms with Gasteiger partial charge in [0.05, 0.1) is 4.75 Å². The molecule has 118 valence electrons. The van der Waals surface area contributed by atoms with Gasteiger partial charge in [0, 0.05) is 15.6 Å². The van der Waals surface area contributed by atoms with Gasteiger partial charge in [-0.05, 0) is 41.0 Å². The van der Waals surface area contributed by atoms with Crippen molar-refractivity contribution in [3.05, 3.63) is 105 Å². The first-order chi connectivity index (χ1) is 11.6. The number of thioether (sulfide) groups is 1. The summed E-state index contributed by atoms with van der Waals surface area (Å²) in [6, 6.07) is 23.2. The second-order valence-corrected chi connectivity index (χ2v) is 7.69. The molecule has 0 aliphatic carbocycles. The molecule has 0 N–H and O–H groups in total. The summed E-state index contributed by atoms with van der Waals surface area (Å²) in [4.78, 5) is 12.7. The molecule has 1 aliphatic rings. The SMILES string of the molecule is O=C1SC(c2ccc(Cl)cc2)(c2ccc(Cl)cc2)c2ccccc21. The van der Waals surface area contributed by atoms with Gasteiger partial charge in [0.1, 0.15) is 0 Å². The highest BCUT2D eigenvalue weighted by atomic mass is 35.5. The molecule has 0 fully saturated rings. The Kier molecular flexibility index (Phi) is 3.92. The van der Waals surface area contributed by atoms with Crippen molar-refractivity contribution in [3.63, 3.8) is 0 Å². The number of carbonyl (C=O) groups excluding carboxylic acids is 1. The molecule has 0 bridgehead atoms. The third-order valence-corrected chi connectivity index (χ3v) is 6.18. The Balaban J connectivity index is 2.03. The molecule has 0 radical (unpaired) electrons. The van der Waals surface area contributed by atoms with Crippen molar-refractivity contribution >= 4 is 40.1 Å². The fourth-order valence-corrected chi connectivity index (χ4v) is 4.80. The second-order valence-electron chi connectivity index (χ2n) is 5.63. The predicted molar refractivity (Wildman–Crippen MR) is 101 cm³/mol. The maximum atomic E-state index is 12.7. The third-order valence-electron chi connectivity index (χ3n) is 4.27. The van der Waals surface area contributed by atoms with Gasteiger partial charge in [-0.15, -0.1) is 0 Å². The molecule has 4 rings (SSSR count). The van der Waals surface area contributed by atoms with E-state index in [-0.39, 0.29) is 5.12 Å². The fourth-order valence-electron chi connectivity index (χ4n) is 3.18. The Labute approximate surface area is 154 Å². The molecule has 0 amide bonds. The molecule has 4 heteroatoms. The van der Waals surface area contributed by atoms with Crippen LogP contribution in [0.5, 0.6) is 0 Å². The van der Waals surface area contributed by atoms with Gasteiger partial charge in [0.2, 0.25) is 5.12 Å². The summed E-state index contributed by atoms with van der Waals surface area (Å²) < 4.78 is -0.581. The molecule has 0 unspecified atom stereocenters. The number of rotatable bonds is 2. The molecule has 0 spiro atoms. The molecule has 1 nitrogen and oxygen atoms in total. The molecule has 3 aromatic rings. The lowest BCUT2D eigenvalue weighted by molar-refractivity contribution is 0.109. The van der Waals surface area contributed by atoms with E-state index >= 15 is 0 Å². The van der Waals surface area contributed by atoms with E-state index in [4.69, 9.17) is 23.2 Å². The minimum atomic E-state index is -0.581. The summed E-state index contributed by atoms with van der Waals surface area (Å²) in [5, 5.41) is 1.43. The molecule has 0 saturated heterocycles. The van der Waals surface area contributed by atoms with Gasteiger partial charge in [-0.1, -0.05) is 83.5 Å². The Hall–Kier alpha value is -1.74. The minimum absolute atomic E-state index is 0.0792. The molecule has 0 atom stereocenters. The van der Waals surface area contributed by atoms with E-state index in [1.165, 1.54) is 11.8 Å². The number of fused-ring (bicyclic) bond motifs is 1. The standard InChI is InChI=1S/C20H12Cl2OS/c21-15-9-5-13(6-10-15)20(14-7-11-16(22)12-8-14)18-4-2-1-3-17(18)19(23)24-20/h1-12H. The van der Waals surface area contributed by atoms with Crippen LogP contribution >= 0.6 is 35.0 Å². The maximum Gasteiger partial charge on any atom is 0.221 e. The lowest BCUT2D eigenvalue weighted by atomic mass is 9.82. The molecular formula is C20H12Cl2OS. The van der Waals surface area contributed by atoms with Gasteiger partial charge in [-0.2, -0.15) is 0 Å². The van der Waals surface area contributed by atoms with Crippen LogP contribution in [-0.4, -0.2) is 5.12 Å². The number of hydrogen-bond donors (Lipinski definition) is 0. The zero-order valence-electron chi connectivity index (χ0n) is 12.5. The van der Waals surface area contributed by atoms with E-state index in [0.717, 1.165) is 22.3 Å². The monoisotopic (exact) mass is 370 g/mol. The summed E-state index contributed by atoms with van der Waals surface area (Å²) in [5.74, 6) is 0. The van der Waals surface area contributed by atoms with Crippen LogP contribution in [0.25, 0.3) is 0 Å². The fraction of sp³-hybridized carbons (Fsp3) is 0.0500. The first kappa shape index (κ1) is 15.8. The Bertz CT molecular complexity index is 872. The van der Waals surface area contributed by atoms with Crippen LogP contribution in [0.15, 0.2) is 72.8 Å². The predicted octanol–water partition coefficient (Wildman–Crippen LogP) is 6.17. The van der Waals surface area contributed by atoms with Crippen LogP contribution < -0.4 is 0 Å². The first-order valence-corrected chi connectivity index (χ1v) is 9.03. The van der Waals surface area contributed by atoms with E-state index in [2.05, 4.69) is 0 Å². The third kappa shape index (κ3) is 2.37. The molecule has 0 aromatic heterocycles. The van der Waals surface area contributed by atoms with Crippen molar-refractivity contribution in [2.24, 2.45) is 0 Å². The van der Waals surface area contributed by atoms with Gasteiger partial charge in [-0.25, -0.2) is 0 Å². The normalized spacial score (nSPS) is 15.3. The zero-order chi connectivity index (χ0) is 16.7. The van der Waals surface area contributed by atoms with Crippen molar-refractivity contribution in [2.45, 2.75) is 4.75 Å². The van der Waals surface area contributed by atoms with Crippen molar-refractivity contribution in [2.75, 3.05) is 0 Å². The van der Waals surface area contributed by atoms with Crippen LogP contribution in [0.1, 0.15) is 27.0 Å². The van der Waals surface area contributed by atoms with Crippen LogP contribution in [0.4, 0.5) is 0 Å². The average Bonchev–Trinajstić information content (AvgIpc) is 2.91. The molecule has 1 heterocycles. The first-order valence-electron chi connectivity index (χ1n) is 7.46. The van der Waals surface area contributed by atoms with Crippen LogP contribution in [-0.2, 0) is 4.75 Å². The van der Waals surface area contributed by atoms with E-state index in [9.17, 15) is 4.79 Å². The summed E-state index contributed by atoms with van der Waals surface area (Å²) in [6.07, 6.45) is 0. The maximum absolute atomic E-state index is 12.7. The largest absolute Gasteiger partial charge is 0.282 e. The Morgan fingerprint density at radius 3 is 1.75 bits per heavy atom. The molecule has 1 aliphatic heterocycles. The van der Waals surface area contributed by atoms with Crippen LogP contribution in [0.3, 0.4) is 0 Å². The quantitative estimate of drug-likeness (QED) is 0.536. The van der Waals surface area contributed by atoms with Gasteiger partial charge >= 0.3 is 0 Å². The smallest absolute Gasteiger partial charge is 0.221 e. The van der Waals surface area contributed by atoms with Crippen molar-refractivity contribution < 1.29 is 4.79 Å². The number of halogens is 2. The highest BCUT2D eigenvalue weighted by Gasteiger charge is 2.47.